The molecule has 0 unspecified atom stereocenters. The average Bonchev–Trinajstić information content (AvgIpc) is 3.00. The Morgan fingerprint density at radius 3 is 2.76 bits per heavy atom. The number of imidazole rings is 1. The minimum absolute atomic E-state index is 0.0344. The number of aromatic nitrogens is 2. The molecule has 25 heavy (non-hydrogen) atoms. The molecule has 1 aromatic heterocycles. The first-order valence-electron chi connectivity index (χ1n) is 8.78. The van der Waals surface area contributed by atoms with Gasteiger partial charge in [-0.2, -0.15) is 0 Å². The smallest absolute Gasteiger partial charge is 0.254 e. The fourth-order valence-electron chi connectivity index (χ4n) is 4.03. The van der Waals surface area contributed by atoms with Gasteiger partial charge in [0.1, 0.15) is 5.82 Å². The fraction of sp³-hybridized carbons (Fsp3) is 0.421. The second-order valence-corrected chi connectivity index (χ2v) is 6.96. The predicted octanol–water partition coefficient (Wildman–Crippen LogP) is 2.16. The molecule has 6 nitrogen and oxygen atoms in total. The summed E-state index contributed by atoms with van der Waals surface area (Å²) in [5, 5.41) is 0. The Kier molecular flexibility index (Phi) is 4.03. The number of hydrogen-bond donors (Lipinski definition) is 1. The lowest BCUT2D eigenvalue weighted by Crippen LogP contribution is -2.47. The van der Waals surface area contributed by atoms with E-state index in [2.05, 4.69) is 9.97 Å². The van der Waals surface area contributed by atoms with E-state index in [0.717, 1.165) is 31.5 Å². The molecule has 0 aliphatic carbocycles. The highest BCUT2D eigenvalue weighted by Gasteiger charge is 2.38. The molecule has 0 spiro atoms. The first-order valence-corrected chi connectivity index (χ1v) is 8.78. The van der Waals surface area contributed by atoms with Gasteiger partial charge in [-0.3, -0.25) is 9.59 Å². The third kappa shape index (κ3) is 2.92. The highest BCUT2D eigenvalue weighted by Crippen LogP contribution is 2.31. The monoisotopic (exact) mass is 338 g/mol. The Morgan fingerprint density at radius 1 is 1.16 bits per heavy atom. The molecule has 0 radical (unpaired) electrons. The predicted molar refractivity (Wildman–Crippen MR) is 93.8 cm³/mol. The minimum Gasteiger partial charge on any atom is -0.345 e. The fourth-order valence-corrected chi connectivity index (χ4v) is 4.03. The zero-order valence-electron chi connectivity index (χ0n) is 14.3. The van der Waals surface area contributed by atoms with Crippen LogP contribution in [0.2, 0.25) is 0 Å². The third-order valence-electron chi connectivity index (χ3n) is 5.33. The van der Waals surface area contributed by atoms with Crippen LogP contribution in [0.3, 0.4) is 0 Å². The van der Waals surface area contributed by atoms with Crippen LogP contribution in [0, 0.1) is 5.92 Å². The Balaban J connectivity index is 1.65. The van der Waals surface area contributed by atoms with Crippen molar-refractivity contribution in [2.24, 2.45) is 5.92 Å². The number of piperidine rings is 1. The molecule has 2 amide bonds. The van der Waals surface area contributed by atoms with Crippen LogP contribution in [0.25, 0.3) is 11.4 Å². The summed E-state index contributed by atoms with van der Waals surface area (Å²) in [5.74, 6) is 1.20. The van der Waals surface area contributed by atoms with E-state index in [1.165, 1.54) is 0 Å². The summed E-state index contributed by atoms with van der Waals surface area (Å²) in [6.45, 7) is 3.73. The number of carbonyl (C=O) groups is 2. The molecule has 3 fully saturated rings. The number of H-pyrrole nitrogens is 1. The summed E-state index contributed by atoms with van der Waals surface area (Å²) in [5.41, 5.74) is 1.49. The van der Waals surface area contributed by atoms with Crippen LogP contribution < -0.4 is 0 Å². The number of amides is 2. The highest BCUT2D eigenvalue weighted by molar-refractivity contribution is 6.00. The number of nitrogens with zero attached hydrogens (tertiary/aromatic N) is 3. The molecule has 2 aromatic rings. The maximum absolute atomic E-state index is 13.3. The number of nitrogens with one attached hydrogen (secondary N) is 1. The number of benzene rings is 1. The van der Waals surface area contributed by atoms with E-state index >= 15 is 0 Å². The molecular formula is C19H22N4O2. The van der Waals surface area contributed by atoms with E-state index in [1.54, 1.807) is 19.3 Å². The molecule has 5 rings (SSSR count). The molecular weight excluding hydrogens is 316 g/mol. The Morgan fingerprint density at radius 2 is 2.00 bits per heavy atom. The van der Waals surface area contributed by atoms with Crippen molar-refractivity contribution >= 4 is 11.8 Å². The molecule has 1 N–H and O–H groups in total. The lowest BCUT2D eigenvalue weighted by atomic mass is 9.93. The van der Waals surface area contributed by atoms with Gasteiger partial charge >= 0.3 is 0 Å². The van der Waals surface area contributed by atoms with Crippen molar-refractivity contribution in [3.8, 4) is 11.4 Å². The summed E-state index contributed by atoms with van der Waals surface area (Å²) in [6, 6.07) is 7.68. The highest BCUT2D eigenvalue weighted by atomic mass is 16.2. The van der Waals surface area contributed by atoms with E-state index < -0.39 is 0 Å². The van der Waals surface area contributed by atoms with Crippen molar-refractivity contribution in [3.63, 3.8) is 0 Å². The van der Waals surface area contributed by atoms with Gasteiger partial charge in [0, 0.05) is 50.6 Å². The van der Waals surface area contributed by atoms with E-state index in [9.17, 15) is 9.59 Å². The number of rotatable bonds is 2. The second kappa shape index (κ2) is 6.35. The molecule has 4 heterocycles. The maximum atomic E-state index is 13.3. The van der Waals surface area contributed by atoms with Gasteiger partial charge < -0.3 is 14.8 Å². The second-order valence-electron chi connectivity index (χ2n) is 6.96. The van der Waals surface area contributed by atoms with Gasteiger partial charge in [-0.15, -0.1) is 0 Å². The van der Waals surface area contributed by atoms with Gasteiger partial charge in [0.05, 0.1) is 5.56 Å². The van der Waals surface area contributed by atoms with Crippen LogP contribution in [0.4, 0.5) is 0 Å². The Labute approximate surface area is 146 Å². The maximum Gasteiger partial charge on any atom is 0.254 e. The summed E-state index contributed by atoms with van der Waals surface area (Å²) < 4.78 is 0. The molecule has 130 valence electrons. The SMILES string of the molecule is CC(=O)N1C[C@H]2CC[C@@H](C1)N(C(=O)c1ccccc1-c1ncc[nH]1)C2. The summed E-state index contributed by atoms with van der Waals surface area (Å²) in [4.78, 5) is 36.4. The average molecular weight is 338 g/mol. The van der Waals surface area contributed by atoms with Crippen molar-refractivity contribution < 1.29 is 9.59 Å². The van der Waals surface area contributed by atoms with Crippen LogP contribution in [-0.4, -0.2) is 57.3 Å². The van der Waals surface area contributed by atoms with Crippen LogP contribution >= 0.6 is 0 Å². The van der Waals surface area contributed by atoms with Gasteiger partial charge in [0.25, 0.3) is 5.91 Å². The van der Waals surface area contributed by atoms with Crippen LogP contribution in [0.5, 0.6) is 0 Å². The summed E-state index contributed by atoms with van der Waals surface area (Å²) >= 11 is 0. The van der Waals surface area contributed by atoms with Gasteiger partial charge in [-0.05, 0) is 24.8 Å². The Bertz CT molecular complexity index is 786. The summed E-state index contributed by atoms with van der Waals surface area (Å²) in [7, 11) is 0. The van der Waals surface area contributed by atoms with Crippen molar-refractivity contribution in [1.29, 1.82) is 0 Å². The van der Waals surface area contributed by atoms with E-state index in [0.29, 0.717) is 23.9 Å². The van der Waals surface area contributed by atoms with Gasteiger partial charge in [-0.1, -0.05) is 18.2 Å². The standard InChI is InChI=1S/C19H22N4O2/c1-13(24)22-10-14-6-7-15(12-22)23(11-14)19(25)17-5-3-2-4-16(17)18-20-8-9-21-18/h2-5,8-9,14-15H,6-7,10-12H2,1H3,(H,20,21)/t14-,15+/m1/s1. The zero-order valence-corrected chi connectivity index (χ0v) is 14.3. The van der Waals surface area contributed by atoms with Crippen LogP contribution in [-0.2, 0) is 4.79 Å². The molecule has 3 aliphatic rings. The first kappa shape index (κ1) is 15.9. The molecule has 6 heteroatoms. The van der Waals surface area contributed by atoms with Crippen molar-refractivity contribution in [2.45, 2.75) is 25.8 Å². The van der Waals surface area contributed by atoms with E-state index in [4.69, 9.17) is 0 Å². The number of carbonyl (C=O) groups excluding carboxylic acids is 2. The molecule has 3 aliphatic heterocycles. The number of aromatic amines is 1. The summed E-state index contributed by atoms with van der Waals surface area (Å²) in [6.07, 6.45) is 5.49. The zero-order chi connectivity index (χ0) is 17.4. The normalized spacial score (nSPS) is 22.8. The molecule has 3 saturated heterocycles. The van der Waals surface area contributed by atoms with E-state index in [1.807, 2.05) is 34.1 Å². The van der Waals surface area contributed by atoms with Crippen LogP contribution in [0.15, 0.2) is 36.7 Å². The topological polar surface area (TPSA) is 69.3 Å². The molecule has 2 atom stereocenters. The first-order chi connectivity index (χ1) is 12.1. The number of fused-ring (bicyclic) bond motifs is 4. The third-order valence-corrected chi connectivity index (χ3v) is 5.33. The minimum atomic E-state index is 0.0344. The van der Waals surface area contributed by atoms with Gasteiger partial charge in [0.15, 0.2) is 0 Å². The largest absolute Gasteiger partial charge is 0.345 e. The Hall–Kier alpha value is -2.63. The van der Waals surface area contributed by atoms with E-state index in [-0.39, 0.29) is 17.9 Å². The lowest BCUT2D eigenvalue weighted by molar-refractivity contribution is -0.129. The van der Waals surface area contributed by atoms with Gasteiger partial charge in [0.2, 0.25) is 5.91 Å². The molecule has 1 aromatic carbocycles. The number of hydrogen-bond acceptors (Lipinski definition) is 3. The molecule has 0 saturated carbocycles. The van der Waals surface area contributed by atoms with Crippen LogP contribution in [0.1, 0.15) is 30.1 Å². The van der Waals surface area contributed by atoms with Crippen molar-refractivity contribution in [2.75, 3.05) is 19.6 Å². The molecule has 2 bridgehead atoms. The quantitative estimate of drug-likeness (QED) is 0.912. The van der Waals surface area contributed by atoms with Crippen molar-refractivity contribution in [3.05, 3.63) is 42.2 Å². The van der Waals surface area contributed by atoms with Crippen molar-refractivity contribution in [1.82, 2.24) is 19.8 Å². The lowest BCUT2D eigenvalue weighted by Gasteiger charge is -2.36. The van der Waals surface area contributed by atoms with Gasteiger partial charge in [-0.25, -0.2) is 4.98 Å².